The fourth-order valence-electron chi connectivity index (χ4n) is 5.88. The van der Waals surface area contributed by atoms with Crippen LogP contribution in [-0.2, 0) is 27.2 Å². The molecule has 1 aliphatic carbocycles. The lowest BCUT2D eigenvalue weighted by molar-refractivity contribution is -0.192. The number of aliphatic hydroxyl groups excluding tert-OH is 1. The molecule has 0 radical (unpaired) electrons. The standard InChI is InChI=1S/C32H41FN4O4S.C2HF3O2/c1-31(2,3)15-20-12-23-26(16-32(8-5-9-32)41-29(23)36-17-20)35-18-27(38)25(37-28(39)19-40-4)14-22-13-21(6-7-24(22)33)30-34-10-11-42-30;3-2(4,5)1(6)7/h6-7,10-13,17,25-27,35,38H,5,8-9,14-16,18-19H2,1-4H3,(H,37,39);(H,6,7)/t25-,26-,27+;/m0./s1. The maximum atomic E-state index is 15.0. The summed E-state index contributed by atoms with van der Waals surface area (Å²) in [7, 11) is 1.44. The van der Waals surface area contributed by atoms with Crippen molar-refractivity contribution in [2.24, 2.45) is 5.41 Å². The predicted molar refractivity (Wildman–Crippen MR) is 175 cm³/mol. The van der Waals surface area contributed by atoms with Crippen molar-refractivity contribution in [2.45, 2.75) is 89.3 Å². The van der Waals surface area contributed by atoms with Crippen molar-refractivity contribution in [2.75, 3.05) is 20.3 Å². The highest BCUT2D eigenvalue weighted by Crippen LogP contribution is 2.48. The molecule has 3 heterocycles. The minimum Gasteiger partial charge on any atom is -0.475 e. The van der Waals surface area contributed by atoms with Crippen LogP contribution in [-0.4, -0.2) is 76.2 Å². The number of fused-ring (bicyclic) bond motifs is 1. The smallest absolute Gasteiger partial charge is 0.475 e. The van der Waals surface area contributed by atoms with Gasteiger partial charge < -0.3 is 30.3 Å². The van der Waals surface area contributed by atoms with Crippen LogP contribution in [0.25, 0.3) is 10.6 Å². The molecule has 4 N–H and O–H groups in total. The third-order valence-electron chi connectivity index (χ3n) is 8.27. The molecule has 5 rings (SSSR count). The maximum absolute atomic E-state index is 15.0. The minimum absolute atomic E-state index is 0.0728. The molecule has 49 heavy (non-hydrogen) atoms. The Bertz CT molecular complexity index is 1580. The maximum Gasteiger partial charge on any atom is 0.490 e. The van der Waals surface area contributed by atoms with Gasteiger partial charge in [0.1, 0.15) is 23.0 Å². The molecule has 268 valence electrons. The number of carbonyl (C=O) groups excluding carboxylic acids is 1. The molecule has 3 atom stereocenters. The van der Waals surface area contributed by atoms with E-state index >= 15 is 0 Å². The number of carbonyl (C=O) groups is 2. The van der Waals surface area contributed by atoms with Gasteiger partial charge in [-0.2, -0.15) is 13.2 Å². The number of nitrogens with zero attached hydrogens (tertiary/aromatic N) is 2. The van der Waals surface area contributed by atoms with Gasteiger partial charge in [-0.15, -0.1) is 11.3 Å². The number of benzene rings is 1. The van der Waals surface area contributed by atoms with Crippen LogP contribution in [0.3, 0.4) is 0 Å². The summed E-state index contributed by atoms with van der Waals surface area (Å²) in [6.45, 7) is 6.63. The molecule has 1 aromatic carbocycles. The number of aliphatic hydroxyl groups is 1. The molecule has 0 unspecified atom stereocenters. The number of ether oxygens (including phenoxy) is 2. The van der Waals surface area contributed by atoms with E-state index in [-0.39, 0.29) is 42.5 Å². The number of halogens is 4. The van der Waals surface area contributed by atoms with E-state index in [4.69, 9.17) is 24.4 Å². The average Bonchev–Trinajstić information content (AvgIpc) is 3.54. The number of rotatable bonds is 11. The van der Waals surface area contributed by atoms with E-state index in [1.165, 1.54) is 24.5 Å². The Morgan fingerprint density at radius 1 is 1.18 bits per heavy atom. The number of alkyl halides is 3. The van der Waals surface area contributed by atoms with Gasteiger partial charge in [0.05, 0.1) is 12.1 Å². The lowest BCUT2D eigenvalue weighted by Gasteiger charge is -2.47. The zero-order valence-corrected chi connectivity index (χ0v) is 28.6. The van der Waals surface area contributed by atoms with Gasteiger partial charge in [-0.25, -0.2) is 19.2 Å². The largest absolute Gasteiger partial charge is 0.490 e. The van der Waals surface area contributed by atoms with Crippen LogP contribution < -0.4 is 15.4 Å². The number of amides is 1. The Morgan fingerprint density at radius 2 is 1.90 bits per heavy atom. The third kappa shape index (κ3) is 10.7. The van der Waals surface area contributed by atoms with Crippen LogP contribution in [0.5, 0.6) is 5.88 Å². The Kier molecular flexibility index (Phi) is 12.4. The molecule has 15 heteroatoms. The fourth-order valence-corrected chi connectivity index (χ4v) is 6.52. The molecule has 0 bridgehead atoms. The van der Waals surface area contributed by atoms with Gasteiger partial charge in [0.15, 0.2) is 0 Å². The number of carboxylic acid groups (broad SMARTS) is 1. The van der Waals surface area contributed by atoms with E-state index in [1.54, 1.807) is 18.3 Å². The summed E-state index contributed by atoms with van der Waals surface area (Å²) in [6.07, 6.45) is 2.36. The summed E-state index contributed by atoms with van der Waals surface area (Å²) in [6, 6.07) is 6.18. The zero-order valence-electron chi connectivity index (χ0n) is 27.8. The van der Waals surface area contributed by atoms with Crippen LogP contribution in [0.4, 0.5) is 17.6 Å². The quantitative estimate of drug-likeness (QED) is 0.186. The van der Waals surface area contributed by atoms with E-state index in [2.05, 4.69) is 42.5 Å². The van der Waals surface area contributed by atoms with Crippen molar-refractivity contribution < 1.29 is 46.8 Å². The van der Waals surface area contributed by atoms with Gasteiger partial charge in [0, 0.05) is 55.0 Å². The fraction of sp³-hybridized carbons (Fsp3) is 0.529. The molecular weight excluding hydrogens is 668 g/mol. The van der Waals surface area contributed by atoms with Crippen molar-refractivity contribution in [3.05, 3.63) is 64.5 Å². The number of nitrogens with one attached hydrogen (secondary N) is 2. The first-order chi connectivity index (χ1) is 23.0. The monoisotopic (exact) mass is 710 g/mol. The van der Waals surface area contributed by atoms with Crippen LogP contribution in [0.15, 0.2) is 42.0 Å². The molecule has 1 fully saturated rings. The van der Waals surface area contributed by atoms with Crippen molar-refractivity contribution >= 4 is 23.2 Å². The molecule has 2 aromatic heterocycles. The Labute approximate surface area is 286 Å². The molecule has 1 aliphatic heterocycles. The summed E-state index contributed by atoms with van der Waals surface area (Å²) < 4.78 is 58.1. The first kappa shape index (κ1) is 38.1. The van der Waals surface area contributed by atoms with Gasteiger partial charge in [0.25, 0.3) is 0 Å². The Morgan fingerprint density at radius 3 is 2.47 bits per heavy atom. The second-order valence-corrected chi connectivity index (χ2v) is 14.5. The summed E-state index contributed by atoms with van der Waals surface area (Å²) in [5.41, 5.74) is 3.19. The average molecular weight is 711 g/mol. The highest BCUT2D eigenvalue weighted by atomic mass is 32.1. The number of aliphatic carboxylic acids is 1. The lowest BCUT2D eigenvalue weighted by atomic mass is 9.73. The van der Waals surface area contributed by atoms with E-state index in [0.29, 0.717) is 11.4 Å². The molecule has 3 aromatic rings. The van der Waals surface area contributed by atoms with Crippen LogP contribution in [0.1, 0.15) is 69.2 Å². The topological polar surface area (TPSA) is 143 Å². The summed E-state index contributed by atoms with van der Waals surface area (Å²) in [5, 5.41) is 27.6. The predicted octanol–water partition coefficient (Wildman–Crippen LogP) is 5.64. The molecular formula is C34H42F4N4O6S. The van der Waals surface area contributed by atoms with Gasteiger partial charge >= 0.3 is 12.1 Å². The molecule has 1 spiro atoms. The Balaban J connectivity index is 0.000000698. The first-order valence-corrected chi connectivity index (χ1v) is 16.7. The number of aromatic nitrogens is 2. The van der Waals surface area contributed by atoms with E-state index in [9.17, 15) is 27.5 Å². The van der Waals surface area contributed by atoms with Crippen LogP contribution >= 0.6 is 11.3 Å². The van der Waals surface area contributed by atoms with E-state index in [1.807, 2.05) is 11.6 Å². The lowest BCUT2D eigenvalue weighted by Crippen LogP contribution is -2.52. The van der Waals surface area contributed by atoms with Gasteiger partial charge in [0.2, 0.25) is 11.8 Å². The summed E-state index contributed by atoms with van der Waals surface area (Å²) in [5.74, 6) is -2.88. The second-order valence-electron chi connectivity index (χ2n) is 13.6. The molecule has 2 aliphatic rings. The molecule has 10 nitrogen and oxygen atoms in total. The van der Waals surface area contributed by atoms with Gasteiger partial charge in [-0.1, -0.05) is 20.8 Å². The number of methoxy groups -OCH3 is 1. The normalized spacial score (nSPS) is 17.9. The first-order valence-electron chi connectivity index (χ1n) is 15.8. The van der Waals surface area contributed by atoms with Gasteiger partial charge in [-0.3, -0.25) is 4.79 Å². The number of hydrogen-bond donors (Lipinski definition) is 4. The summed E-state index contributed by atoms with van der Waals surface area (Å²) in [4.78, 5) is 30.5. The van der Waals surface area contributed by atoms with Crippen molar-refractivity contribution in [3.8, 4) is 16.5 Å². The molecule has 0 saturated heterocycles. The number of pyridine rings is 1. The van der Waals surface area contributed by atoms with Crippen LogP contribution in [0.2, 0.25) is 0 Å². The zero-order chi connectivity index (χ0) is 36.0. The van der Waals surface area contributed by atoms with Gasteiger partial charge in [-0.05, 0) is 72.9 Å². The van der Waals surface area contributed by atoms with Crippen LogP contribution in [0, 0.1) is 11.2 Å². The van der Waals surface area contributed by atoms with Crippen molar-refractivity contribution in [1.29, 1.82) is 0 Å². The minimum atomic E-state index is -5.08. The molecule has 1 saturated carbocycles. The second kappa shape index (κ2) is 15.9. The highest BCUT2D eigenvalue weighted by Gasteiger charge is 2.46. The van der Waals surface area contributed by atoms with E-state index < -0.39 is 30.1 Å². The molecule has 1 amide bonds. The number of thiazole rings is 1. The third-order valence-corrected chi connectivity index (χ3v) is 9.09. The highest BCUT2D eigenvalue weighted by molar-refractivity contribution is 7.13. The Hall–Kier alpha value is -3.66. The van der Waals surface area contributed by atoms with Crippen molar-refractivity contribution in [1.82, 2.24) is 20.6 Å². The van der Waals surface area contributed by atoms with Crippen molar-refractivity contribution in [3.63, 3.8) is 0 Å². The SMILES string of the molecule is COCC(=O)N[C@@H](Cc1cc(-c2nccs2)ccc1F)[C@H](O)CN[C@H]1CC2(CCC2)Oc2ncc(CC(C)(C)C)cc21.O=C(O)C(F)(F)F. The number of carboxylic acids is 1. The summed E-state index contributed by atoms with van der Waals surface area (Å²) >= 11 is 1.47. The van der Waals surface area contributed by atoms with E-state index in [0.717, 1.165) is 53.8 Å². The number of hydrogen-bond acceptors (Lipinski definition) is 9.